The zero-order valence-corrected chi connectivity index (χ0v) is 27.0. The van der Waals surface area contributed by atoms with Crippen molar-refractivity contribution in [2.75, 3.05) is 19.6 Å². The van der Waals surface area contributed by atoms with Crippen LogP contribution in [0.1, 0.15) is 81.3 Å². The Balaban J connectivity index is 1.41. The van der Waals surface area contributed by atoms with E-state index >= 15 is 0 Å². The molecule has 0 saturated carbocycles. The molecule has 43 heavy (non-hydrogen) atoms. The van der Waals surface area contributed by atoms with E-state index in [-0.39, 0.29) is 17.9 Å². The Labute approximate surface area is 261 Å². The van der Waals surface area contributed by atoms with Crippen molar-refractivity contribution in [2.24, 2.45) is 5.92 Å². The standard InChI is InChI=1S/C35H46ClN5O2/c1-6-7-16-41-33(42)31(19-23(2)3)37-34(43)35(41)14-17-40(18-15-35)32(21-26-10-8-24(4)9-11-26)30-22-29(38-39-30)27-12-13-28(36)25(5)20-27/h8-13,20,22-23,31-32H,6-7,14-19,21H2,1-5H3,(H,37,43)(H,38,39)/t31-,32?/m0/s1. The molecule has 2 N–H and O–H groups in total. The zero-order chi connectivity index (χ0) is 30.7. The predicted octanol–water partition coefficient (Wildman–Crippen LogP) is 6.64. The van der Waals surface area contributed by atoms with E-state index in [0.717, 1.165) is 46.8 Å². The number of aromatic amines is 1. The molecule has 0 bridgehead atoms. The van der Waals surface area contributed by atoms with Gasteiger partial charge >= 0.3 is 0 Å². The Morgan fingerprint density at radius 3 is 2.42 bits per heavy atom. The molecule has 2 saturated heterocycles. The SMILES string of the molecule is CCCCN1C(=O)[C@H](CC(C)C)NC(=O)C12CCN(C(Cc1ccc(C)cc1)c1cc(-c3ccc(Cl)c(C)c3)n[nH]1)CC2. The van der Waals surface area contributed by atoms with Crippen molar-refractivity contribution in [3.8, 4) is 11.3 Å². The van der Waals surface area contributed by atoms with E-state index in [1.54, 1.807) is 0 Å². The Hall–Kier alpha value is -3.16. The second-order valence-corrected chi connectivity index (χ2v) is 13.4. The summed E-state index contributed by atoms with van der Waals surface area (Å²) < 4.78 is 0. The lowest BCUT2D eigenvalue weighted by Crippen LogP contribution is -2.73. The number of rotatable bonds is 10. The molecule has 1 spiro atoms. The maximum atomic E-state index is 13.8. The van der Waals surface area contributed by atoms with E-state index in [4.69, 9.17) is 16.7 Å². The first kappa shape index (κ1) is 31.3. The number of aryl methyl sites for hydroxylation is 2. The van der Waals surface area contributed by atoms with E-state index in [1.165, 1.54) is 11.1 Å². The van der Waals surface area contributed by atoms with Crippen LogP contribution in [0.25, 0.3) is 11.3 Å². The fourth-order valence-corrected chi connectivity index (χ4v) is 6.81. The van der Waals surface area contributed by atoms with Crippen molar-refractivity contribution in [1.29, 1.82) is 0 Å². The van der Waals surface area contributed by atoms with Crippen molar-refractivity contribution in [3.63, 3.8) is 0 Å². The average molecular weight is 604 g/mol. The van der Waals surface area contributed by atoms with Crippen LogP contribution in [-0.2, 0) is 16.0 Å². The van der Waals surface area contributed by atoms with Crippen LogP contribution in [0.15, 0.2) is 48.5 Å². The number of piperidine rings is 1. The van der Waals surface area contributed by atoms with Gasteiger partial charge in [0.15, 0.2) is 0 Å². The van der Waals surface area contributed by atoms with Crippen molar-refractivity contribution < 1.29 is 9.59 Å². The average Bonchev–Trinajstić information content (AvgIpc) is 3.47. The van der Waals surface area contributed by atoms with Crippen LogP contribution < -0.4 is 5.32 Å². The van der Waals surface area contributed by atoms with Gasteiger partial charge in [0.1, 0.15) is 11.6 Å². The molecule has 2 atom stereocenters. The molecule has 3 aromatic rings. The third kappa shape index (κ3) is 6.68. The van der Waals surface area contributed by atoms with Crippen molar-refractivity contribution in [2.45, 2.75) is 90.8 Å². The number of carbonyl (C=O) groups is 2. The summed E-state index contributed by atoms with van der Waals surface area (Å²) in [5.74, 6) is 0.435. The summed E-state index contributed by atoms with van der Waals surface area (Å²) in [6.07, 6.45) is 4.60. The van der Waals surface area contributed by atoms with E-state index < -0.39 is 11.6 Å². The van der Waals surface area contributed by atoms with Crippen molar-refractivity contribution in [1.82, 2.24) is 25.3 Å². The van der Waals surface area contributed by atoms with Gasteiger partial charge in [0.05, 0.1) is 17.4 Å². The molecule has 2 fully saturated rings. The summed E-state index contributed by atoms with van der Waals surface area (Å²) in [6, 6.07) is 16.5. The van der Waals surface area contributed by atoms with Gasteiger partial charge < -0.3 is 10.2 Å². The Morgan fingerprint density at radius 2 is 1.77 bits per heavy atom. The number of carbonyl (C=O) groups excluding carboxylic acids is 2. The highest BCUT2D eigenvalue weighted by molar-refractivity contribution is 6.31. The molecule has 7 nitrogen and oxygen atoms in total. The van der Waals surface area contributed by atoms with Gasteiger partial charge in [-0.25, -0.2) is 0 Å². The molecule has 2 amide bonds. The van der Waals surface area contributed by atoms with Crippen LogP contribution in [0.3, 0.4) is 0 Å². The lowest BCUT2D eigenvalue weighted by atomic mass is 9.80. The van der Waals surface area contributed by atoms with Gasteiger partial charge in [-0.2, -0.15) is 5.10 Å². The van der Waals surface area contributed by atoms with Crippen molar-refractivity contribution >= 4 is 23.4 Å². The van der Waals surface area contributed by atoms with Crippen LogP contribution in [0, 0.1) is 19.8 Å². The number of hydrogen-bond acceptors (Lipinski definition) is 4. The molecule has 2 aliphatic rings. The van der Waals surface area contributed by atoms with Crippen LogP contribution in [0.5, 0.6) is 0 Å². The summed E-state index contributed by atoms with van der Waals surface area (Å²) in [4.78, 5) is 32.0. The van der Waals surface area contributed by atoms with Gasteiger partial charge in [0.2, 0.25) is 11.8 Å². The summed E-state index contributed by atoms with van der Waals surface area (Å²) in [6.45, 7) is 12.5. The molecule has 0 radical (unpaired) electrons. The van der Waals surface area contributed by atoms with Crippen LogP contribution >= 0.6 is 11.6 Å². The highest BCUT2D eigenvalue weighted by Crippen LogP contribution is 2.38. The number of amides is 2. The number of benzene rings is 2. The third-order valence-electron chi connectivity index (χ3n) is 9.28. The van der Waals surface area contributed by atoms with Crippen LogP contribution in [-0.4, -0.2) is 63.0 Å². The lowest BCUT2D eigenvalue weighted by molar-refractivity contribution is -0.162. The molecule has 2 aromatic carbocycles. The van der Waals surface area contributed by atoms with E-state index in [1.807, 2.05) is 24.0 Å². The number of halogens is 1. The fraction of sp³-hybridized carbons (Fsp3) is 0.514. The van der Waals surface area contributed by atoms with Gasteiger partial charge in [0.25, 0.3) is 0 Å². The van der Waals surface area contributed by atoms with Gasteiger partial charge in [-0.3, -0.25) is 19.6 Å². The Kier molecular flexibility index (Phi) is 9.62. The summed E-state index contributed by atoms with van der Waals surface area (Å²) in [5.41, 5.74) is 5.67. The minimum Gasteiger partial charge on any atom is -0.342 e. The maximum Gasteiger partial charge on any atom is 0.246 e. The number of likely N-dealkylation sites (tertiary alicyclic amines) is 1. The van der Waals surface area contributed by atoms with E-state index in [0.29, 0.717) is 44.8 Å². The number of nitrogens with one attached hydrogen (secondary N) is 2. The summed E-state index contributed by atoms with van der Waals surface area (Å²) in [7, 11) is 0. The van der Waals surface area contributed by atoms with Gasteiger partial charge in [-0.05, 0) is 81.2 Å². The highest BCUT2D eigenvalue weighted by Gasteiger charge is 2.53. The van der Waals surface area contributed by atoms with Crippen LogP contribution in [0.2, 0.25) is 5.02 Å². The topological polar surface area (TPSA) is 81.3 Å². The molecule has 0 aliphatic carbocycles. The van der Waals surface area contributed by atoms with Gasteiger partial charge in [-0.15, -0.1) is 0 Å². The first-order chi connectivity index (χ1) is 20.6. The number of hydrogen-bond donors (Lipinski definition) is 2. The molecular weight excluding hydrogens is 558 g/mol. The monoisotopic (exact) mass is 603 g/mol. The van der Waals surface area contributed by atoms with Gasteiger partial charge in [0, 0.05) is 30.2 Å². The second kappa shape index (κ2) is 13.2. The summed E-state index contributed by atoms with van der Waals surface area (Å²) >= 11 is 6.29. The molecule has 3 heterocycles. The van der Waals surface area contributed by atoms with Gasteiger partial charge in [-0.1, -0.05) is 74.7 Å². The molecule has 8 heteroatoms. The number of aromatic nitrogens is 2. The van der Waals surface area contributed by atoms with E-state index in [9.17, 15) is 9.59 Å². The smallest absolute Gasteiger partial charge is 0.246 e. The summed E-state index contributed by atoms with van der Waals surface area (Å²) in [5, 5.41) is 11.9. The minimum atomic E-state index is -0.787. The zero-order valence-electron chi connectivity index (χ0n) is 26.3. The number of piperazine rings is 1. The van der Waals surface area contributed by atoms with Crippen LogP contribution in [0.4, 0.5) is 0 Å². The fourth-order valence-electron chi connectivity index (χ4n) is 6.69. The Morgan fingerprint density at radius 1 is 1.05 bits per heavy atom. The predicted molar refractivity (Wildman–Crippen MR) is 173 cm³/mol. The first-order valence-corrected chi connectivity index (χ1v) is 16.2. The molecule has 1 aromatic heterocycles. The second-order valence-electron chi connectivity index (χ2n) is 12.9. The molecule has 2 aliphatic heterocycles. The Bertz CT molecular complexity index is 1420. The van der Waals surface area contributed by atoms with Crippen molar-refractivity contribution in [3.05, 3.63) is 75.9 Å². The van der Waals surface area contributed by atoms with E-state index in [2.05, 4.69) is 79.4 Å². The molecular formula is C35H46ClN5O2. The maximum absolute atomic E-state index is 13.8. The number of nitrogens with zero attached hydrogens (tertiary/aromatic N) is 3. The molecule has 230 valence electrons. The highest BCUT2D eigenvalue weighted by atomic mass is 35.5. The quantitative estimate of drug-likeness (QED) is 0.272. The molecule has 5 rings (SSSR count). The number of unbranched alkanes of at least 4 members (excludes halogenated alkanes) is 1. The first-order valence-electron chi connectivity index (χ1n) is 15.8. The number of H-pyrrole nitrogens is 1. The molecule has 1 unspecified atom stereocenters. The largest absolute Gasteiger partial charge is 0.342 e. The minimum absolute atomic E-state index is 0.0190. The third-order valence-corrected chi connectivity index (χ3v) is 9.70. The normalized spacial score (nSPS) is 19.7. The lowest BCUT2D eigenvalue weighted by Gasteiger charge is -2.52.